The van der Waals surface area contributed by atoms with Crippen LogP contribution in [0.25, 0.3) is 0 Å². The van der Waals surface area contributed by atoms with Crippen molar-refractivity contribution in [3.8, 4) is 0 Å². The summed E-state index contributed by atoms with van der Waals surface area (Å²) in [4.78, 5) is 45.5. The number of hydrogen-bond donors (Lipinski definition) is 1. The minimum Gasteiger partial charge on any atom is -0.369 e. The number of hydrogen-bond acceptors (Lipinski definition) is 4. The Bertz CT molecular complexity index is 1210. The maximum atomic E-state index is 13.4. The lowest BCUT2D eigenvalue weighted by Gasteiger charge is -2.36. The van der Waals surface area contributed by atoms with Gasteiger partial charge in [0.1, 0.15) is 0 Å². The van der Waals surface area contributed by atoms with Gasteiger partial charge in [-0.2, -0.15) is 0 Å². The normalized spacial score (nSPS) is 25.6. The first-order valence-electron chi connectivity index (χ1n) is 14.9. The third kappa shape index (κ3) is 5.67. The SMILES string of the molecule is Cc1cccc(C)c1C(=O)N1CC2CN(CC[C@@H](c3ccccc3)C3C(C(N)=O)CC(=O)N3CC(C)C)CC2C1. The number of aryl methyl sites for hydroxylation is 2. The van der Waals surface area contributed by atoms with E-state index in [9.17, 15) is 14.4 Å². The van der Waals surface area contributed by atoms with E-state index in [2.05, 4.69) is 35.8 Å². The van der Waals surface area contributed by atoms with Crippen molar-refractivity contribution in [3.05, 3.63) is 70.8 Å². The second kappa shape index (κ2) is 11.7. The van der Waals surface area contributed by atoms with Gasteiger partial charge in [-0.1, -0.05) is 62.4 Å². The Labute approximate surface area is 238 Å². The van der Waals surface area contributed by atoms with Gasteiger partial charge in [0.05, 0.1) is 12.0 Å². The molecule has 3 heterocycles. The van der Waals surface area contributed by atoms with Gasteiger partial charge in [0.25, 0.3) is 5.91 Å². The molecule has 2 aromatic rings. The Balaban J connectivity index is 1.28. The zero-order valence-electron chi connectivity index (χ0n) is 24.4. The molecule has 7 nitrogen and oxygen atoms in total. The minimum absolute atomic E-state index is 0.0337. The molecule has 3 amide bonds. The van der Waals surface area contributed by atoms with Crippen molar-refractivity contribution in [1.29, 1.82) is 0 Å². The molecule has 3 aliphatic heterocycles. The monoisotopic (exact) mass is 544 g/mol. The van der Waals surface area contributed by atoms with Crippen LogP contribution < -0.4 is 5.73 Å². The van der Waals surface area contributed by atoms with Crippen molar-refractivity contribution in [2.45, 2.75) is 52.5 Å². The van der Waals surface area contributed by atoms with Gasteiger partial charge in [0.2, 0.25) is 11.8 Å². The highest BCUT2D eigenvalue weighted by Gasteiger charge is 2.48. The lowest BCUT2D eigenvalue weighted by atomic mass is 9.81. The highest BCUT2D eigenvalue weighted by atomic mass is 16.2. The van der Waals surface area contributed by atoms with Crippen molar-refractivity contribution in [3.63, 3.8) is 0 Å². The van der Waals surface area contributed by atoms with E-state index in [-0.39, 0.29) is 36.1 Å². The highest BCUT2D eigenvalue weighted by molar-refractivity contribution is 5.97. The Morgan fingerprint density at radius 1 is 0.925 bits per heavy atom. The van der Waals surface area contributed by atoms with E-state index in [1.165, 1.54) is 0 Å². The molecule has 4 unspecified atom stereocenters. The van der Waals surface area contributed by atoms with Gasteiger partial charge in [-0.15, -0.1) is 0 Å². The standard InChI is InChI=1S/C33H44N4O3/c1-21(2)16-37-29(38)15-28(32(34)39)31(37)27(24-11-6-5-7-12-24)13-14-35-17-25-19-36(20-26(25)18-35)33(40)30-22(3)9-8-10-23(30)4/h5-12,21,25-28,31H,13-20H2,1-4H3,(H2,34,39)/t25?,26?,27-,28?,31?/m0/s1. The first-order valence-corrected chi connectivity index (χ1v) is 14.9. The molecule has 0 saturated carbocycles. The molecule has 214 valence electrons. The molecule has 3 saturated heterocycles. The molecule has 0 aromatic heterocycles. The zero-order chi connectivity index (χ0) is 28.6. The van der Waals surface area contributed by atoms with Gasteiger partial charge in [-0.25, -0.2) is 0 Å². The van der Waals surface area contributed by atoms with Crippen LogP contribution in [0.1, 0.15) is 59.7 Å². The van der Waals surface area contributed by atoms with Crippen LogP contribution in [0.4, 0.5) is 0 Å². The summed E-state index contributed by atoms with van der Waals surface area (Å²) >= 11 is 0. The van der Waals surface area contributed by atoms with E-state index >= 15 is 0 Å². The van der Waals surface area contributed by atoms with Crippen LogP contribution in [0, 0.1) is 37.5 Å². The number of amides is 3. The predicted octanol–water partition coefficient (Wildman–Crippen LogP) is 3.84. The summed E-state index contributed by atoms with van der Waals surface area (Å²) in [7, 11) is 0. The topological polar surface area (TPSA) is 87.0 Å². The number of primary amides is 1. The van der Waals surface area contributed by atoms with E-state index in [1.54, 1.807) is 0 Å². The molecule has 2 N–H and O–H groups in total. The lowest BCUT2D eigenvalue weighted by Crippen LogP contribution is -2.45. The molecule has 0 aliphatic carbocycles. The van der Waals surface area contributed by atoms with Gasteiger partial charge in [-0.3, -0.25) is 14.4 Å². The molecule has 3 fully saturated rings. The van der Waals surface area contributed by atoms with Gasteiger partial charge in [-0.05, 0) is 61.3 Å². The molecule has 40 heavy (non-hydrogen) atoms. The van der Waals surface area contributed by atoms with Crippen LogP contribution in [-0.2, 0) is 9.59 Å². The van der Waals surface area contributed by atoms with Crippen LogP contribution in [0.15, 0.2) is 48.5 Å². The van der Waals surface area contributed by atoms with Crippen molar-refractivity contribution in [2.24, 2.45) is 29.4 Å². The number of fused-ring (bicyclic) bond motifs is 1. The van der Waals surface area contributed by atoms with E-state index in [0.29, 0.717) is 24.3 Å². The molecular weight excluding hydrogens is 500 g/mol. The third-order valence-corrected chi connectivity index (χ3v) is 9.35. The first kappa shape index (κ1) is 28.3. The zero-order valence-corrected chi connectivity index (χ0v) is 24.4. The molecule has 7 heteroatoms. The summed E-state index contributed by atoms with van der Waals surface area (Å²) in [6, 6.07) is 16.1. The number of carbonyl (C=O) groups excluding carboxylic acids is 3. The van der Waals surface area contributed by atoms with Gasteiger partial charge >= 0.3 is 0 Å². The number of nitrogens with zero attached hydrogens (tertiary/aromatic N) is 3. The van der Waals surface area contributed by atoms with E-state index < -0.39 is 5.92 Å². The van der Waals surface area contributed by atoms with Gasteiger partial charge < -0.3 is 20.4 Å². The summed E-state index contributed by atoms with van der Waals surface area (Å²) in [5.41, 5.74) is 9.98. The number of nitrogens with two attached hydrogens (primary N) is 1. The second-order valence-electron chi connectivity index (χ2n) is 12.7. The molecule has 5 atom stereocenters. The van der Waals surface area contributed by atoms with Crippen molar-refractivity contribution >= 4 is 17.7 Å². The predicted molar refractivity (Wildman–Crippen MR) is 157 cm³/mol. The largest absolute Gasteiger partial charge is 0.369 e. The highest BCUT2D eigenvalue weighted by Crippen LogP contribution is 2.40. The fourth-order valence-corrected chi connectivity index (χ4v) is 7.50. The van der Waals surface area contributed by atoms with Gasteiger partial charge in [0.15, 0.2) is 0 Å². The van der Waals surface area contributed by atoms with Gasteiger partial charge in [0, 0.05) is 50.6 Å². The molecule has 0 radical (unpaired) electrons. The van der Waals surface area contributed by atoms with Crippen LogP contribution in [0.5, 0.6) is 0 Å². The van der Waals surface area contributed by atoms with Crippen molar-refractivity contribution < 1.29 is 14.4 Å². The summed E-state index contributed by atoms with van der Waals surface area (Å²) in [5.74, 6) is 0.642. The molecule has 5 rings (SSSR count). The van der Waals surface area contributed by atoms with Crippen LogP contribution >= 0.6 is 0 Å². The van der Waals surface area contributed by atoms with E-state index in [0.717, 1.165) is 61.4 Å². The maximum absolute atomic E-state index is 13.4. The second-order valence-corrected chi connectivity index (χ2v) is 12.7. The summed E-state index contributed by atoms with van der Waals surface area (Å²) in [6.07, 6.45) is 1.05. The van der Waals surface area contributed by atoms with Crippen LogP contribution in [0.2, 0.25) is 0 Å². The molecule has 0 spiro atoms. The fourth-order valence-electron chi connectivity index (χ4n) is 7.50. The number of likely N-dealkylation sites (tertiary alicyclic amines) is 3. The summed E-state index contributed by atoms with van der Waals surface area (Å²) in [6.45, 7) is 13.3. The molecular formula is C33H44N4O3. The average molecular weight is 545 g/mol. The molecule has 3 aliphatic rings. The Morgan fingerprint density at radius 2 is 1.55 bits per heavy atom. The Kier molecular flexibility index (Phi) is 8.31. The summed E-state index contributed by atoms with van der Waals surface area (Å²) < 4.78 is 0. The smallest absolute Gasteiger partial charge is 0.254 e. The first-order chi connectivity index (χ1) is 19.1. The van der Waals surface area contributed by atoms with E-state index in [4.69, 9.17) is 5.73 Å². The average Bonchev–Trinajstić information content (AvgIpc) is 3.57. The Hall–Kier alpha value is -3.19. The van der Waals surface area contributed by atoms with Crippen LogP contribution in [0.3, 0.4) is 0 Å². The number of carbonyl (C=O) groups is 3. The number of benzene rings is 2. The fraction of sp³-hybridized carbons (Fsp3) is 0.545. The van der Waals surface area contributed by atoms with Crippen molar-refractivity contribution in [1.82, 2.24) is 14.7 Å². The summed E-state index contributed by atoms with van der Waals surface area (Å²) in [5, 5.41) is 0. The van der Waals surface area contributed by atoms with Crippen molar-refractivity contribution in [2.75, 3.05) is 39.3 Å². The Morgan fingerprint density at radius 3 is 2.12 bits per heavy atom. The number of rotatable bonds is 9. The minimum atomic E-state index is -0.473. The quantitative estimate of drug-likeness (QED) is 0.520. The maximum Gasteiger partial charge on any atom is 0.254 e. The third-order valence-electron chi connectivity index (χ3n) is 9.35. The van der Waals surface area contributed by atoms with E-state index in [1.807, 2.05) is 55.1 Å². The molecule has 2 aromatic carbocycles. The lowest BCUT2D eigenvalue weighted by molar-refractivity contribution is -0.129. The van der Waals surface area contributed by atoms with Crippen LogP contribution in [-0.4, -0.2) is 77.7 Å². The molecule has 0 bridgehead atoms.